The summed E-state index contributed by atoms with van der Waals surface area (Å²) in [5, 5.41) is 10.1. The number of hydrogen-bond donors (Lipinski definition) is 1. The summed E-state index contributed by atoms with van der Waals surface area (Å²) >= 11 is 0. The molecule has 8 heteroatoms. The molecular formula is C16H10FN3O4. The van der Waals surface area contributed by atoms with Gasteiger partial charge < -0.3 is 19.2 Å². The van der Waals surface area contributed by atoms with Crippen molar-refractivity contribution in [2.24, 2.45) is 0 Å². The third-order valence-corrected chi connectivity index (χ3v) is 3.34. The minimum absolute atomic E-state index is 0.130. The lowest BCUT2D eigenvalue weighted by Crippen LogP contribution is -2.12. The van der Waals surface area contributed by atoms with Crippen molar-refractivity contribution in [2.75, 3.05) is 12.1 Å². The van der Waals surface area contributed by atoms with Gasteiger partial charge in [0, 0.05) is 17.3 Å². The lowest BCUT2D eigenvalue weighted by Gasteiger charge is -2.03. The van der Waals surface area contributed by atoms with Crippen LogP contribution in [0.25, 0.3) is 11.5 Å². The Kier molecular flexibility index (Phi) is 3.34. The summed E-state index contributed by atoms with van der Waals surface area (Å²) < 4.78 is 28.7. The van der Waals surface area contributed by atoms with Gasteiger partial charge in [0.2, 0.25) is 12.7 Å². The summed E-state index contributed by atoms with van der Waals surface area (Å²) in [5.74, 6) is 0.154. The lowest BCUT2D eigenvalue weighted by molar-refractivity contribution is 0.0991. The van der Waals surface area contributed by atoms with Crippen LogP contribution in [-0.4, -0.2) is 22.9 Å². The molecule has 3 aromatic rings. The van der Waals surface area contributed by atoms with E-state index in [0.29, 0.717) is 22.7 Å². The number of halogens is 1. The third-order valence-electron chi connectivity index (χ3n) is 3.34. The van der Waals surface area contributed by atoms with Crippen molar-refractivity contribution in [3.05, 3.63) is 54.2 Å². The molecule has 1 aliphatic rings. The molecular weight excluding hydrogens is 317 g/mol. The molecule has 0 radical (unpaired) electrons. The summed E-state index contributed by atoms with van der Waals surface area (Å²) in [7, 11) is 0. The van der Waals surface area contributed by atoms with Gasteiger partial charge in [-0.05, 0) is 36.4 Å². The van der Waals surface area contributed by atoms with E-state index in [-0.39, 0.29) is 24.4 Å². The fourth-order valence-corrected chi connectivity index (χ4v) is 2.18. The van der Waals surface area contributed by atoms with Crippen LogP contribution in [0.5, 0.6) is 11.5 Å². The molecule has 1 aliphatic heterocycles. The molecule has 120 valence electrons. The number of carbonyl (C=O) groups excluding carboxylic acids is 1. The van der Waals surface area contributed by atoms with Crippen molar-refractivity contribution < 1.29 is 23.1 Å². The maximum atomic E-state index is 12.9. The van der Waals surface area contributed by atoms with Crippen LogP contribution >= 0.6 is 0 Å². The fourth-order valence-electron chi connectivity index (χ4n) is 2.18. The van der Waals surface area contributed by atoms with Crippen LogP contribution in [-0.2, 0) is 0 Å². The van der Waals surface area contributed by atoms with Gasteiger partial charge in [0.1, 0.15) is 5.82 Å². The largest absolute Gasteiger partial charge is 0.454 e. The smallest absolute Gasteiger partial charge is 0.313 e. The Morgan fingerprint density at radius 1 is 1.04 bits per heavy atom. The summed E-state index contributed by atoms with van der Waals surface area (Å²) in [5.41, 5.74) is 1.02. The number of benzene rings is 2. The molecule has 0 saturated heterocycles. The van der Waals surface area contributed by atoms with Gasteiger partial charge in [0.25, 0.3) is 0 Å². The number of nitrogens with zero attached hydrogens (tertiary/aromatic N) is 2. The molecule has 2 heterocycles. The molecule has 0 bridgehead atoms. The molecule has 0 saturated carbocycles. The number of hydrogen-bond acceptors (Lipinski definition) is 6. The lowest BCUT2D eigenvalue weighted by atomic mass is 10.2. The maximum absolute atomic E-state index is 12.9. The van der Waals surface area contributed by atoms with Crippen molar-refractivity contribution in [2.45, 2.75) is 0 Å². The first-order chi connectivity index (χ1) is 11.7. The fraction of sp³-hybridized carbons (Fsp3) is 0.0625. The second-order valence-corrected chi connectivity index (χ2v) is 4.94. The van der Waals surface area contributed by atoms with Gasteiger partial charge in [-0.2, -0.15) is 0 Å². The number of aromatic nitrogens is 2. The monoisotopic (exact) mass is 327 g/mol. The molecule has 0 aliphatic carbocycles. The molecule has 0 unspecified atom stereocenters. The highest BCUT2D eigenvalue weighted by Crippen LogP contribution is 2.34. The van der Waals surface area contributed by atoms with Gasteiger partial charge in [0.15, 0.2) is 11.5 Å². The van der Waals surface area contributed by atoms with Crippen LogP contribution < -0.4 is 14.8 Å². The van der Waals surface area contributed by atoms with Crippen LogP contribution in [0.2, 0.25) is 0 Å². The number of carbonyl (C=O) groups is 1. The average molecular weight is 327 g/mol. The first-order valence-electron chi connectivity index (χ1n) is 6.99. The quantitative estimate of drug-likeness (QED) is 0.796. The van der Waals surface area contributed by atoms with Gasteiger partial charge in [-0.25, -0.2) is 4.39 Å². The van der Waals surface area contributed by atoms with Crippen molar-refractivity contribution in [1.82, 2.24) is 10.2 Å². The molecule has 1 aromatic heterocycles. The molecule has 0 spiro atoms. The molecule has 2 aromatic carbocycles. The zero-order chi connectivity index (χ0) is 16.5. The third kappa shape index (κ3) is 2.65. The van der Waals surface area contributed by atoms with Gasteiger partial charge in [-0.1, -0.05) is 0 Å². The zero-order valence-corrected chi connectivity index (χ0v) is 12.2. The van der Waals surface area contributed by atoms with Gasteiger partial charge in [-0.3, -0.25) is 4.79 Å². The first-order valence-corrected chi connectivity index (χ1v) is 6.99. The zero-order valence-electron chi connectivity index (χ0n) is 12.2. The van der Waals surface area contributed by atoms with E-state index in [1.165, 1.54) is 24.3 Å². The van der Waals surface area contributed by atoms with Crippen molar-refractivity contribution in [1.29, 1.82) is 0 Å². The SMILES string of the molecule is O=C(Nc1ccc2c(c1)OCO2)c1nnc(-c2ccc(F)cc2)o1. The second-order valence-electron chi connectivity index (χ2n) is 4.94. The summed E-state index contributed by atoms with van der Waals surface area (Å²) in [6.45, 7) is 0.150. The van der Waals surface area contributed by atoms with E-state index in [4.69, 9.17) is 13.9 Å². The van der Waals surface area contributed by atoms with E-state index in [1.54, 1.807) is 18.2 Å². The van der Waals surface area contributed by atoms with E-state index in [9.17, 15) is 9.18 Å². The van der Waals surface area contributed by atoms with Crippen molar-refractivity contribution in [3.8, 4) is 23.0 Å². The van der Waals surface area contributed by atoms with Crippen LogP contribution in [0.3, 0.4) is 0 Å². The maximum Gasteiger partial charge on any atom is 0.313 e. The minimum atomic E-state index is -0.560. The molecule has 0 atom stereocenters. The first kappa shape index (κ1) is 14.2. The van der Waals surface area contributed by atoms with Gasteiger partial charge in [0.05, 0.1) is 0 Å². The minimum Gasteiger partial charge on any atom is -0.454 e. The Balaban J connectivity index is 1.52. The highest BCUT2D eigenvalue weighted by molar-refractivity contribution is 6.01. The van der Waals surface area contributed by atoms with Crippen molar-refractivity contribution >= 4 is 11.6 Å². The number of nitrogens with one attached hydrogen (secondary N) is 1. The number of anilines is 1. The van der Waals surface area contributed by atoms with Gasteiger partial charge >= 0.3 is 11.8 Å². The van der Waals surface area contributed by atoms with Crippen LogP contribution in [0.1, 0.15) is 10.7 Å². The molecule has 24 heavy (non-hydrogen) atoms. The van der Waals surface area contributed by atoms with Crippen LogP contribution in [0.15, 0.2) is 46.9 Å². The summed E-state index contributed by atoms with van der Waals surface area (Å²) in [6.07, 6.45) is 0. The Morgan fingerprint density at radius 3 is 2.67 bits per heavy atom. The standard InChI is InChI=1S/C16H10FN3O4/c17-10-3-1-9(2-4-10)15-19-20-16(24-15)14(21)18-11-5-6-12-13(7-11)23-8-22-12/h1-7H,8H2,(H,18,21). The van der Waals surface area contributed by atoms with E-state index < -0.39 is 5.91 Å². The molecule has 0 fully saturated rings. The summed E-state index contributed by atoms with van der Waals surface area (Å²) in [6, 6.07) is 10.5. The number of rotatable bonds is 3. The second kappa shape index (κ2) is 5.65. The van der Waals surface area contributed by atoms with E-state index in [0.717, 1.165) is 0 Å². The number of fused-ring (bicyclic) bond motifs is 1. The topological polar surface area (TPSA) is 86.5 Å². The number of amides is 1. The highest BCUT2D eigenvalue weighted by Gasteiger charge is 2.18. The predicted octanol–water partition coefficient (Wildman–Crippen LogP) is 2.86. The molecule has 1 amide bonds. The Hall–Kier alpha value is -3.42. The normalized spacial score (nSPS) is 12.2. The predicted molar refractivity (Wildman–Crippen MR) is 80.2 cm³/mol. The van der Waals surface area contributed by atoms with E-state index in [2.05, 4.69) is 15.5 Å². The van der Waals surface area contributed by atoms with Crippen LogP contribution in [0.4, 0.5) is 10.1 Å². The molecule has 4 rings (SSSR count). The van der Waals surface area contributed by atoms with Crippen LogP contribution in [0, 0.1) is 5.82 Å². The Labute approximate surface area is 135 Å². The Bertz CT molecular complexity index is 908. The van der Waals surface area contributed by atoms with Crippen molar-refractivity contribution in [3.63, 3.8) is 0 Å². The Morgan fingerprint density at radius 2 is 1.83 bits per heavy atom. The highest BCUT2D eigenvalue weighted by atomic mass is 19.1. The molecule has 1 N–H and O–H groups in total. The van der Waals surface area contributed by atoms with Gasteiger partial charge in [-0.15, -0.1) is 10.2 Å². The summed E-state index contributed by atoms with van der Waals surface area (Å²) in [4.78, 5) is 12.2. The average Bonchev–Trinajstić information content (AvgIpc) is 3.24. The van der Waals surface area contributed by atoms with E-state index in [1.807, 2.05) is 0 Å². The number of ether oxygens (including phenoxy) is 2. The van der Waals surface area contributed by atoms with E-state index >= 15 is 0 Å². The molecule has 7 nitrogen and oxygen atoms in total.